The zero-order valence-electron chi connectivity index (χ0n) is 19.4. The highest BCUT2D eigenvalue weighted by atomic mass is 32.2. The summed E-state index contributed by atoms with van der Waals surface area (Å²) in [6.07, 6.45) is 0. The highest BCUT2D eigenvalue weighted by molar-refractivity contribution is 7.99. The number of carbonyl (C=O) groups excluding carboxylic acids is 1. The second-order valence-corrected chi connectivity index (χ2v) is 9.20. The van der Waals surface area contributed by atoms with E-state index in [1.54, 1.807) is 18.9 Å². The molecular weight excluding hydrogens is 456 g/mol. The van der Waals surface area contributed by atoms with Crippen LogP contribution in [0.5, 0.6) is 11.5 Å². The predicted octanol–water partition coefficient (Wildman–Crippen LogP) is 6.28. The van der Waals surface area contributed by atoms with Crippen molar-refractivity contribution in [1.29, 1.82) is 0 Å². The molecule has 1 amide bonds. The standard InChI is InChI=1S/C29H26N2O3S/c1-33-23-13-11-21(12-14-23)28-29(25-8-4-5-9-26(25)31-28)35-17-16-30-27(32)19-34-24-15-10-20-6-2-3-7-22(20)18-24/h2-15,18,31H,16-17,19H2,1H3,(H,30,32). The number of ether oxygens (including phenoxy) is 2. The van der Waals surface area contributed by atoms with Crippen molar-refractivity contribution in [1.82, 2.24) is 10.3 Å². The van der Waals surface area contributed by atoms with E-state index >= 15 is 0 Å². The van der Waals surface area contributed by atoms with Crippen LogP contribution in [0.25, 0.3) is 32.9 Å². The quantitative estimate of drug-likeness (QED) is 0.192. The van der Waals surface area contributed by atoms with Crippen molar-refractivity contribution in [3.05, 3.63) is 91.0 Å². The Hall–Kier alpha value is -3.90. The number of thioether (sulfide) groups is 1. The van der Waals surface area contributed by atoms with E-state index in [-0.39, 0.29) is 12.5 Å². The molecule has 5 nitrogen and oxygen atoms in total. The van der Waals surface area contributed by atoms with Crippen LogP contribution in [0.4, 0.5) is 0 Å². The number of aromatic nitrogens is 1. The number of methoxy groups -OCH3 is 1. The molecule has 2 N–H and O–H groups in total. The summed E-state index contributed by atoms with van der Waals surface area (Å²) in [5.41, 5.74) is 3.26. The van der Waals surface area contributed by atoms with E-state index in [4.69, 9.17) is 9.47 Å². The summed E-state index contributed by atoms with van der Waals surface area (Å²) in [6.45, 7) is 0.541. The molecule has 5 aromatic rings. The van der Waals surface area contributed by atoms with Gasteiger partial charge in [0.15, 0.2) is 6.61 Å². The van der Waals surface area contributed by atoms with Gasteiger partial charge in [0.05, 0.1) is 12.8 Å². The van der Waals surface area contributed by atoms with Crippen molar-refractivity contribution >= 4 is 39.3 Å². The van der Waals surface area contributed by atoms with Crippen LogP contribution in [0, 0.1) is 0 Å². The zero-order chi connectivity index (χ0) is 24.0. The molecule has 1 aromatic heterocycles. The minimum Gasteiger partial charge on any atom is -0.497 e. The number of amides is 1. The zero-order valence-corrected chi connectivity index (χ0v) is 20.2. The van der Waals surface area contributed by atoms with Crippen LogP contribution >= 0.6 is 11.8 Å². The van der Waals surface area contributed by atoms with Crippen LogP contribution in [-0.4, -0.2) is 36.9 Å². The summed E-state index contributed by atoms with van der Waals surface area (Å²) < 4.78 is 11.0. The van der Waals surface area contributed by atoms with Gasteiger partial charge in [-0.05, 0) is 58.8 Å². The van der Waals surface area contributed by atoms with Crippen molar-refractivity contribution in [3.8, 4) is 22.8 Å². The summed E-state index contributed by atoms with van der Waals surface area (Å²) in [5, 5.41) is 6.38. The number of para-hydroxylation sites is 1. The van der Waals surface area contributed by atoms with Gasteiger partial charge in [-0.15, -0.1) is 11.8 Å². The van der Waals surface area contributed by atoms with Gasteiger partial charge < -0.3 is 19.8 Å². The molecular formula is C29H26N2O3S. The fourth-order valence-electron chi connectivity index (χ4n) is 4.03. The van der Waals surface area contributed by atoms with E-state index in [0.717, 1.165) is 39.0 Å². The van der Waals surface area contributed by atoms with Crippen molar-refractivity contribution in [2.24, 2.45) is 0 Å². The lowest BCUT2D eigenvalue weighted by Gasteiger charge is -2.09. The Morgan fingerprint density at radius 1 is 0.886 bits per heavy atom. The van der Waals surface area contributed by atoms with E-state index in [0.29, 0.717) is 12.3 Å². The SMILES string of the molecule is COc1ccc(-c2[nH]c3ccccc3c2SCCNC(=O)COc2ccc3ccccc3c2)cc1. The van der Waals surface area contributed by atoms with Crippen LogP contribution in [0.2, 0.25) is 0 Å². The van der Waals surface area contributed by atoms with Crippen molar-refractivity contribution in [3.63, 3.8) is 0 Å². The van der Waals surface area contributed by atoms with Gasteiger partial charge in [-0.2, -0.15) is 0 Å². The maximum Gasteiger partial charge on any atom is 0.257 e. The molecule has 0 atom stereocenters. The Morgan fingerprint density at radius 2 is 1.63 bits per heavy atom. The van der Waals surface area contributed by atoms with Gasteiger partial charge in [-0.25, -0.2) is 0 Å². The number of benzene rings is 4. The predicted molar refractivity (Wildman–Crippen MR) is 143 cm³/mol. The first-order chi connectivity index (χ1) is 17.2. The number of carbonyl (C=O) groups is 1. The van der Waals surface area contributed by atoms with Gasteiger partial charge in [0, 0.05) is 28.1 Å². The van der Waals surface area contributed by atoms with E-state index in [2.05, 4.69) is 40.6 Å². The average Bonchev–Trinajstić information content (AvgIpc) is 3.28. The largest absolute Gasteiger partial charge is 0.497 e. The molecule has 0 saturated carbocycles. The van der Waals surface area contributed by atoms with Gasteiger partial charge in [0.25, 0.3) is 5.91 Å². The van der Waals surface area contributed by atoms with Crippen molar-refractivity contribution in [2.75, 3.05) is 26.0 Å². The van der Waals surface area contributed by atoms with E-state index < -0.39 is 0 Å². The maximum atomic E-state index is 12.3. The third kappa shape index (κ3) is 5.28. The highest BCUT2D eigenvalue weighted by Gasteiger charge is 2.14. The maximum absolute atomic E-state index is 12.3. The molecule has 0 aliphatic carbocycles. The normalized spacial score (nSPS) is 11.0. The fraction of sp³-hybridized carbons (Fsp3) is 0.138. The lowest BCUT2D eigenvalue weighted by atomic mass is 10.1. The molecule has 0 aliphatic heterocycles. The summed E-state index contributed by atoms with van der Waals surface area (Å²) in [4.78, 5) is 17.1. The number of rotatable bonds is 9. The Bertz CT molecular complexity index is 1460. The summed E-state index contributed by atoms with van der Waals surface area (Å²) in [7, 11) is 1.67. The molecule has 0 bridgehead atoms. The lowest BCUT2D eigenvalue weighted by Crippen LogP contribution is -2.30. The Balaban J connectivity index is 1.19. The highest BCUT2D eigenvalue weighted by Crippen LogP contribution is 2.38. The smallest absolute Gasteiger partial charge is 0.257 e. The summed E-state index contributed by atoms with van der Waals surface area (Å²) in [5.74, 6) is 2.13. The third-order valence-corrected chi connectivity index (χ3v) is 6.92. The molecule has 0 saturated heterocycles. The molecule has 0 radical (unpaired) electrons. The minimum absolute atomic E-state index is 0.00676. The first-order valence-corrected chi connectivity index (χ1v) is 12.5. The van der Waals surface area contributed by atoms with E-state index in [9.17, 15) is 4.79 Å². The summed E-state index contributed by atoms with van der Waals surface area (Å²) >= 11 is 1.73. The third-order valence-electron chi connectivity index (χ3n) is 5.80. The van der Waals surface area contributed by atoms with Crippen LogP contribution in [0.1, 0.15) is 0 Å². The van der Waals surface area contributed by atoms with Crippen LogP contribution < -0.4 is 14.8 Å². The number of H-pyrrole nitrogens is 1. The number of hydrogen-bond acceptors (Lipinski definition) is 4. The van der Waals surface area contributed by atoms with Crippen LogP contribution in [0.3, 0.4) is 0 Å². The molecule has 0 spiro atoms. The number of nitrogens with one attached hydrogen (secondary N) is 2. The van der Waals surface area contributed by atoms with Crippen molar-refractivity contribution < 1.29 is 14.3 Å². The van der Waals surface area contributed by atoms with Gasteiger partial charge >= 0.3 is 0 Å². The van der Waals surface area contributed by atoms with E-state index in [1.165, 1.54) is 10.3 Å². The fourth-order valence-corrected chi connectivity index (χ4v) is 5.08. The second-order valence-electron chi connectivity index (χ2n) is 8.10. The molecule has 0 unspecified atom stereocenters. The summed E-state index contributed by atoms with van der Waals surface area (Å²) in [6, 6.07) is 30.2. The van der Waals surface area contributed by atoms with Gasteiger partial charge in [0.2, 0.25) is 0 Å². The second kappa shape index (κ2) is 10.6. The lowest BCUT2D eigenvalue weighted by molar-refractivity contribution is -0.122. The molecule has 6 heteroatoms. The topological polar surface area (TPSA) is 63.3 Å². The van der Waals surface area contributed by atoms with Gasteiger partial charge in [-0.1, -0.05) is 48.5 Å². The van der Waals surface area contributed by atoms with Gasteiger partial charge in [0.1, 0.15) is 11.5 Å². The first kappa shape index (κ1) is 22.9. The first-order valence-electron chi connectivity index (χ1n) is 11.5. The molecule has 1 heterocycles. The molecule has 4 aromatic carbocycles. The number of hydrogen-bond donors (Lipinski definition) is 2. The Labute approximate surface area is 208 Å². The number of fused-ring (bicyclic) bond motifs is 2. The van der Waals surface area contributed by atoms with Gasteiger partial charge in [-0.3, -0.25) is 4.79 Å². The molecule has 35 heavy (non-hydrogen) atoms. The minimum atomic E-state index is -0.131. The molecule has 0 aliphatic rings. The number of aromatic amines is 1. The van der Waals surface area contributed by atoms with Crippen LogP contribution in [0.15, 0.2) is 95.9 Å². The Kier molecular flexibility index (Phi) is 6.91. The monoisotopic (exact) mass is 482 g/mol. The average molecular weight is 483 g/mol. The molecule has 0 fully saturated rings. The van der Waals surface area contributed by atoms with E-state index in [1.807, 2.05) is 60.7 Å². The molecule has 5 rings (SSSR count). The molecule has 176 valence electrons. The van der Waals surface area contributed by atoms with Crippen molar-refractivity contribution in [2.45, 2.75) is 4.90 Å². The Morgan fingerprint density at radius 3 is 2.46 bits per heavy atom. The van der Waals surface area contributed by atoms with Crippen LogP contribution in [-0.2, 0) is 4.79 Å².